The summed E-state index contributed by atoms with van der Waals surface area (Å²) >= 11 is 0. The summed E-state index contributed by atoms with van der Waals surface area (Å²) in [6, 6.07) is 8.07. The third-order valence-electron chi connectivity index (χ3n) is 4.67. The number of carbonyl (C=O) groups is 1. The molecule has 24 heavy (non-hydrogen) atoms. The van der Waals surface area contributed by atoms with Crippen LogP contribution >= 0.6 is 0 Å². The molecule has 3 aromatic rings. The molecule has 0 saturated carbocycles. The van der Waals surface area contributed by atoms with Crippen molar-refractivity contribution in [3.63, 3.8) is 0 Å². The van der Waals surface area contributed by atoms with Gasteiger partial charge in [-0.25, -0.2) is 0 Å². The van der Waals surface area contributed by atoms with Crippen LogP contribution < -0.4 is 0 Å². The summed E-state index contributed by atoms with van der Waals surface area (Å²) in [4.78, 5) is 17.8. The van der Waals surface area contributed by atoms with E-state index in [9.17, 15) is 4.79 Å². The quantitative estimate of drug-likeness (QED) is 0.805. The van der Waals surface area contributed by atoms with Gasteiger partial charge in [0.05, 0.1) is 13.0 Å². The van der Waals surface area contributed by atoms with Crippen molar-refractivity contribution in [3.05, 3.63) is 47.7 Å². The fraction of sp³-hybridized carbons (Fsp3) is 0.389. The minimum absolute atomic E-state index is 0.139. The SMILES string of the molecule is CC(C)c1nnc2n1CCN(C(=O)Cc1c[nH]c3ccccc13)C2. The summed E-state index contributed by atoms with van der Waals surface area (Å²) in [5.74, 6) is 2.38. The number of benzene rings is 1. The second-order valence-electron chi connectivity index (χ2n) is 6.63. The van der Waals surface area contributed by atoms with Crippen molar-refractivity contribution < 1.29 is 4.79 Å². The summed E-state index contributed by atoms with van der Waals surface area (Å²) in [6.07, 6.45) is 2.35. The molecular formula is C18H21N5O. The van der Waals surface area contributed by atoms with E-state index in [-0.39, 0.29) is 5.91 Å². The molecule has 3 heterocycles. The molecule has 1 aromatic carbocycles. The predicted molar refractivity (Wildman–Crippen MR) is 91.5 cm³/mol. The van der Waals surface area contributed by atoms with Gasteiger partial charge in [0.25, 0.3) is 0 Å². The van der Waals surface area contributed by atoms with Gasteiger partial charge in [-0.1, -0.05) is 32.0 Å². The molecule has 0 saturated heterocycles. The zero-order valence-electron chi connectivity index (χ0n) is 14.0. The Morgan fingerprint density at radius 1 is 1.25 bits per heavy atom. The van der Waals surface area contributed by atoms with E-state index in [0.29, 0.717) is 25.4 Å². The fourth-order valence-corrected chi connectivity index (χ4v) is 3.37. The minimum atomic E-state index is 0.139. The predicted octanol–water partition coefficient (Wildman–Crippen LogP) is 2.47. The summed E-state index contributed by atoms with van der Waals surface area (Å²) in [5.41, 5.74) is 2.12. The van der Waals surface area contributed by atoms with Crippen LogP contribution in [0.15, 0.2) is 30.5 Å². The Hall–Kier alpha value is -2.63. The average molecular weight is 323 g/mol. The second kappa shape index (κ2) is 5.78. The van der Waals surface area contributed by atoms with Crippen LogP contribution in [0.2, 0.25) is 0 Å². The lowest BCUT2D eigenvalue weighted by Crippen LogP contribution is -2.39. The average Bonchev–Trinajstić information content (AvgIpc) is 3.18. The van der Waals surface area contributed by atoms with Crippen molar-refractivity contribution in [1.82, 2.24) is 24.6 Å². The van der Waals surface area contributed by atoms with Gasteiger partial charge in [0.2, 0.25) is 5.91 Å². The number of hydrogen-bond donors (Lipinski definition) is 1. The highest BCUT2D eigenvalue weighted by Gasteiger charge is 2.25. The van der Waals surface area contributed by atoms with Crippen molar-refractivity contribution in [2.75, 3.05) is 6.54 Å². The van der Waals surface area contributed by atoms with Crippen LogP contribution in [0.5, 0.6) is 0 Å². The highest BCUT2D eigenvalue weighted by Crippen LogP contribution is 2.21. The van der Waals surface area contributed by atoms with Crippen LogP contribution in [0.3, 0.4) is 0 Å². The summed E-state index contributed by atoms with van der Waals surface area (Å²) in [6.45, 7) is 6.26. The smallest absolute Gasteiger partial charge is 0.227 e. The Morgan fingerprint density at radius 3 is 2.92 bits per heavy atom. The number of carbonyl (C=O) groups excluding carboxylic acids is 1. The van der Waals surface area contributed by atoms with Crippen LogP contribution in [0.1, 0.15) is 37.0 Å². The van der Waals surface area contributed by atoms with E-state index in [4.69, 9.17) is 0 Å². The molecule has 0 spiro atoms. The number of nitrogens with one attached hydrogen (secondary N) is 1. The number of para-hydroxylation sites is 1. The molecule has 6 heteroatoms. The van der Waals surface area contributed by atoms with E-state index < -0.39 is 0 Å². The first-order valence-electron chi connectivity index (χ1n) is 8.38. The minimum Gasteiger partial charge on any atom is -0.361 e. The van der Waals surface area contributed by atoms with Crippen molar-refractivity contribution in [2.24, 2.45) is 0 Å². The first kappa shape index (κ1) is 14.9. The number of aromatic nitrogens is 4. The van der Waals surface area contributed by atoms with Crippen LogP contribution in [0.4, 0.5) is 0 Å². The first-order chi connectivity index (χ1) is 11.6. The molecule has 0 aliphatic carbocycles. The molecule has 1 aliphatic rings. The maximum Gasteiger partial charge on any atom is 0.227 e. The van der Waals surface area contributed by atoms with E-state index in [2.05, 4.69) is 39.7 Å². The highest BCUT2D eigenvalue weighted by molar-refractivity contribution is 5.88. The highest BCUT2D eigenvalue weighted by atomic mass is 16.2. The third-order valence-corrected chi connectivity index (χ3v) is 4.67. The van der Waals surface area contributed by atoms with Gasteiger partial charge in [-0.15, -0.1) is 10.2 Å². The molecule has 6 nitrogen and oxygen atoms in total. The standard InChI is InChI=1S/C18H21N5O/c1-12(2)18-21-20-16-11-22(7-8-23(16)18)17(24)9-13-10-19-15-6-4-3-5-14(13)15/h3-6,10,12,19H,7-9,11H2,1-2H3. The van der Waals surface area contributed by atoms with Crippen molar-refractivity contribution in [1.29, 1.82) is 0 Å². The first-order valence-corrected chi connectivity index (χ1v) is 8.38. The summed E-state index contributed by atoms with van der Waals surface area (Å²) < 4.78 is 2.15. The van der Waals surface area contributed by atoms with Crippen molar-refractivity contribution >= 4 is 16.8 Å². The molecule has 0 unspecified atom stereocenters. The molecule has 124 valence electrons. The Balaban J connectivity index is 1.51. The van der Waals surface area contributed by atoms with Gasteiger partial charge < -0.3 is 14.5 Å². The summed E-state index contributed by atoms with van der Waals surface area (Å²) in [7, 11) is 0. The van der Waals surface area contributed by atoms with Gasteiger partial charge in [0, 0.05) is 36.1 Å². The van der Waals surface area contributed by atoms with Gasteiger partial charge in [0.15, 0.2) is 5.82 Å². The number of aromatic amines is 1. The lowest BCUT2D eigenvalue weighted by molar-refractivity contribution is -0.132. The number of amides is 1. The largest absolute Gasteiger partial charge is 0.361 e. The van der Waals surface area contributed by atoms with E-state index in [1.165, 1.54) is 0 Å². The Morgan fingerprint density at radius 2 is 2.08 bits per heavy atom. The maximum absolute atomic E-state index is 12.7. The number of hydrogen-bond acceptors (Lipinski definition) is 3. The zero-order valence-corrected chi connectivity index (χ0v) is 14.0. The van der Waals surface area contributed by atoms with Gasteiger partial charge in [-0.3, -0.25) is 4.79 Å². The molecule has 1 amide bonds. The molecule has 0 atom stereocenters. The third kappa shape index (κ3) is 2.48. The van der Waals surface area contributed by atoms with Crippen LogP contribution in [-0.2, 0) is 24.3 Å². The molecule has 0 fully saturated rings. The molecule has 0 bridgehead atoms. The van der Waals surface area contributed by atoms with Gasteiger partial charge >= 0.3 is 0 Å². The normalized spacial score (nSPS) is 14.4. The van der Waals surface area contributed by atoms with Crippen LogP contribution in [-0.4, -0.2) is 37.1 Å². The zero-order chi connectivity index (χ0) is 16.7. The van der Waals surface area contributed by atoms with E-state index in [1.54, 1.807) is 0 Å². The molecule has 1 N–H and O–H groups in total. The lowest BCUT2D eigenvalue weighted by Gasteiger charge is -2.28. The number of rotatable bonds is 3. The number of H-pyrrole nitrogens is 1. The monoisotopic (exact) mass is 323 g/mol. The fourth-order valence-electron chi connectivity index (χ4n) is 3.37. The van der Waals surface area contributed by atoms with E-state index in [1.807, 2.05) is 29.3 Å². The van der Waals surface area contributed by atoms with Gasteiger partial charge in [0.1, 0.15) is 5.82 Å². The molecule has 0 radical (unpaired) electrons. The van der Waals surface area contributed by atoms with Crippen molar-refractivity contribution in [2.45, 2.75) is 39.3 Å². The Labute approximate surface area is 140 Å². The molecule has 1 aliphatic heterocycles. The molecule has 2 aromatic heterocycles. The van der Waals surface area contributed by atoms with E-state index in [0.717, 1.165) is 34.7 Å². The van der Waals surface area contributed by atoms with Crippen LogP contribution in [0, 0.1) is 0 Å². The molecular weight excluding hydrogens is 302 g/mol. The van der Waals surface area contributed by atoms with Gasteiger partial charge in [-0.05, 0) is 11.6 Å². The lowest BCUT2D eigenvalue weighted by atomic mass is 10.1. The van der Waals surface area contributed by atoms with E-state index >= 15 is 0 Å². The summed E-state index contributed by atoms with van der Waals surface area (Å²) in [5, 5.41) is 9.67. The number of fused-ring (bicyclic) bond motifs is 2. The topological polar surface area (TPSA) is 66.8 Å². The number of nitrogens with zero attached hydrogens (tertiary/aromatic N) is 4. The Bertz CT molecular complexity index is 892. The molecule has 4 rings (SSSR count). The Kier molecular flexibility index (Phi) is 3.59. The second-order valence-corrected chi connectivity index (χ2v) is 6.63. The van der Waals surface area contributed by atoms with Gasteiger partial charge in [-0.2, -0.15) is 0 Å². The van der Waals surface area contributed by atoms with Crippen molar-refractivity contribution in [3.8, 4) is 0 Å². The van der Waals surface area contributed by atoms with Crippen LogP contribution in [0.25, 0.3) is 10.9 Å². The maximum atomic E-state index is 12.7.